The Hall–Kier alpha value is -7.48. The molecule has 9 aromatic carbocycles. The van der Waals surface area contributed by atoms with Crippen LogP contribution in [-0.2, 0) is 0 Å². The number of allylic oxidation sites excluding steroid dienone is 4. The zero-order valence-corrected chi connectivity index (χ0v) is 31.7. The van der Waals surface area contributed by atoms with Crippen molar-refractivity contribution in [3.63, 3.8) is 0 Å². The molecule has 0 saturated heterocycles. The molecule has 0 bridgehead atoms. The Balaban J connectivity index is 1.21. The van der Waals surface area contributed by atoms with E-state index in [-0.39, 0.29) is 0 Å². The van der Waals surface area contributed by atoms with Crippen molar-refractivity contribution in [3.05, 3.63) is 237 Å². The van der Waals surface area contributed by atoms with Gasteiger partial charge in [-0.05, 0) is 114 Å². The number of rotatable bonds is 10. The highest BCUT2D eigenvalue weighted by molar-refractivity contribution is 6.14. The lowest BCUT2D eigenvalue weighted by atomic mass is 9.93. The smallest absolute Gasteiger partial charge is 0.0540 e. The standard InChI is InChI=1S/C56H41N/c1-3-5-17-40-29-30-45(37-43(40)18-6-4-2)44-22-16-23-48(38-44)57(56-36-35-50(41-19-8-7-9-20-41)52-26-14-15-28-54(52)56)47-33-31-42(32-34-47)55-39-46-21-10-11-24-49(46)51-25-12-13-27-53(51)55/h3-39H,1-2H2/b17-5-,18-6-. The lowest BCUT2D eigenvalue weighted by molar-refractivity contribution is 1.30. The van der Waals surface area contributed by atoms with E-state index in [0.717, 1.165) is 39.3 Å². The normalized spacial score (nSPS) is 11.5. The molecule has 0 aliphatic heterocycles. The van der Waals surface area contributed by atoms with Gasteiger partial charge in [0.15, 0.2) is 0 Å². The fraction of sp³-hybridized carbons (Fsp3) is 0. The maximum absolute atomic E-state index is 3.90. The third-order valence-corrected chi connectivity index (χ3v) is 10.8. The fourth-order valence-electron chi connectivity index (χ4n) is 8.08. The zero-order chi connectivity index (χ0) is 38.6. The average Bonchev–Trinajstić information content (AvgIpc) is 3.28. The van der Waals surface area contributed by atoms with Gasteiger partial charge < -0.3 is 4.90 Å². The number of anilines is 3. The molecule has 0 aromatic heterocycles. The fourth-order valence-corrected chi connectivity index (χ4v) is 8.08. The summed E-state index contributed by atoms with van der Waals surface area (Å²) in [6.45, 7) is 7.77. The number of fused-ring (bicyclic) bond motifs is 4. The highest BCUT2D eigenvalue weighted by Crippen LogP contribution is 2.44. The van der Waals surface area contributed by atoms with E-state index < -0.39 is 0 Å². The minimum absolute atomic E-state index is 1.08. The SMILES string of the molecule is C=C/C=C\c1ccc(-c2cccc(N(c3ccc(-c4cc5ccccc5c5ccccc45)cc3)c3ccc(-c4ccccc4)c4ccccc34)c2)cc1/C=C\C=C. The Morgan fingerprint density at radius 1 is 0.351 bits per heavy atom. The zero-order valence-electron chi connectivity index (χ0n) is 31.7. The van der Waals surface area contributed by atoms with Crippen molar-refractivity contribution in [3.8, 4) is 33.4 Å². The summed E-state index contributed by atoms with van der Waals surface area (Å²) in [4.78, 5) is 2.41. The second kappa shape index (κ2) is 15.7. The van der Waals surface area contributed by atoms with E-state index in [2.05, 4.69) is 218 Å². The van der Waals surface area contributed by atoms with Gasteiger partial charge in [-0.25, -0.2) is 0 Å². The molecule has 0 heterocycles. The van der Waals surface area contributed by atoms with Gasteiger partial charge in [-0.2, -0.15) is 0 Å². The van der Waals surface area contributed by atoms with E-state index in [4.69, 9.17) is 0 Å². The lowest BCUT2D eigenvalue weighted by Crippen LogP contribution is -2.11. The Kier molecular flexibility index (Phi) is 9.71. The van der Waals surface area contributed by atoms with E-state index in [1.807, 2.05) is 18.2 Å². The van der Waals surface area contributed by atoms with Gasteiger partial charge in [-0.1, -0.05) is 195 Å². The summed E-state index contributed by atoms with van der Waals surface area (Å²) in [5.41, 5.74) is 12.6. The molecule has 0 radical (unpaired) electrons. The van der Waals surface area contributed by atoms with Crippen LogP contribution >= 0.6 is 0 Å². The third kappa shape index (κ3) is 6.88. The number of nitrogens with zero attached hydrogens (tertiary/aromatic N) is 1. The van der Waals surface area contributed by atoms with Gasteiger partial charge in [0.1, 0.15) is 0 Å². The quantitative estimate of drug-likeness (QED) is 0.100. The van der Waals surface area contributed by atoms with Gasteiger partial charge in [0.25, 0.3) is 0 Å². The predicted octanol–water partition coefficient (Wildman–Crippen LogP) is 16.0. The van der Waals surface area contributed by atoms with Gasteiger partial charge in [0.2, 0.25) is 0 Å². The highest BCUT2D eigenvalue weighted by Gasteiger charge is 2.19. The van der Waals surface area contributed by atoms with Gasteiger partial charge in [0, 0.05) is 16.8 Å². The van der Waals surface area contributed by atoms with E-state index >= 15 is 0 Å². The maximum atomic E-state index is 3.90. The first kappa shape index (κ1) is 35.2. The van der Waals surface area contributed by atoms with Crippen LogP contribution in [0.2, 0.25) is 0 Å². The third-order valence-electron chi connectivity index (χ3n) is 10.8. The molecular formula is C56H41N. The van der Waals surface area contributed by atoms with Crippen LogP contribution in [0.1, 0.15) is 11.1 Å². The molecule has 0 N–H and O–H groups in total. The Bertz CT molecular complexity index is 2980. The molecule has 9 rings (SSSR count). The largest absolute Gasteiger partial charge is 0.310 e. The van der Waals surface area contributed by atoms with Crippen molar-refractivity contribution in [1.82, 2.24) is 0 Å². The molecule has 0 aliphatic carbocycles. The molecule has 0 fully saturated rings. The van der Waals surface area contributed by atoms with Crippen LogP contribution in [0.25, 0.3) is 77.9 Å². The molecule has 9 aromatic rings. The van der Waals surface area contributed by atoms with Crippen LogP contribution in [0.3, 0.4) is 0 Å². The Labute approximate surface area is 335 Å². The van der Waals surface area contributed by atoms with E-state index in [0.29, 0.717) is 0 Å². The number of benzene rings is 9. The minimum Gasteiger partial charge on any atom is -0.310 e. The summed E-state index contributed by atoms with van der Waals surface area (Å²) >= 11 is 0. The van der Waals surface area contributed by atoms with Crippen LogP contribution in [-0.4, -0.2) is 0 Å². The number of hydrogen-bond acceptors (Lipinski definition) is 1. The summed E-state index contributed by atoms with van der Waals surface area (Å²) in [5.74, 6) is 0. The maximum Gasteiger partial charge on any atom is 0.0540 e. The molecule has 0 saturated carbocycles. The first-order valence-electron chi connectivity index (χ1n) is 19.4. The van der Waals surface area contributed by atoms with Gasteiger partial charge in [0.05, 0.1) is 5.69 Å². The second-order valence-electron chi connectivity index (χ2n) is 14.2. The van der Waals surface area contributed by atoms with Gasteiger partial charge in [-0.3, -0.25) is 0 Å². The van der Waals surface area contributed by atoms with Crippen LogP contribution in [0.4, 0.5) is 17.1 Å². The molecule has 0 spiro atoms. The molecular weight excluding hydrogens is 687 g/mol. The van der Waals surface area contributed by atoms with Crippen molar-refractivity contribution in [2.75, 3.05) is 4.90 Å². The molecule has 0 unspecified atom stereocenters. The lowest BCUT2D eigenvalue weighted by Gasteiger charge is -2.28. The molecule has 270 valence electrons. The van der Waals surface area contributed by atoms with Gasteiger partial charge >= 0.3 is 0 Å². The van der Waals surface area contributed by atoms with Crippen LogP contribution in [0, 0.1) is 0 Å². The predicted molar refractivity (Wildman–Crippen MR) is 248 cm³/mol. The molecule has 0 aliphatic rings. The highest BCUT2D eigenvalue weighted by atomic mass is 15.1. The summed E-state index contributed by atoms with van der Waals surface area (Å²) in [6.07, 6.45) is 11.8. The van der Waals surface area contributed by atoms with Crippen LogP contribution in [0.5, 0.6) is 0 Å². The van der Waals surface area contributed by atoms with Gasteiger partial charge in [-0.15, -0.1) is 0 Å². The molecule has 1 nitrogen and oxygen atoms in total. The Morgan fingerprint density at radius 2 is 0.930 bits per heavy atom. The second-order valence-corrected chi connectivity index (χ2v) is 14.2. The van der Waals surface area contributed by atoms with Crippen LogP contribution in [0.15, 0.2) is 226 Å². The van der Waals surface area contributed by atoms with E-state index in [1.54, 1.807) is 6.08 Å². The van der Waals surface area contributed by atoms with E-state index in [1.165, 1.54) is 54.6 Å². The molecule has 0 amide bonds. The van der Waals surface area contributed by atoms with Crippen molar-refractivity contribution < 1.29 is 0 Å². The average molecular weight is 728 g/mol. The van der Waals surface area contributed by atoms with Crippen molar-refractivity contribution in [1.29, 1.82) is 0 Å². The minimum atomic E-state index is 1.08. The molecule has 0 atom stereocenters. The monoisotopic (exact) mass is 727 g/mol. The summed E-state index contributed by atoms with van der Waals surface area (Å²) in [7, 11) is 0. The topological polar surface area (TPSA) is 3.24 Å². The summed E-state index contributed by atoms with van der Waals surface area (Å²) in [5, 5.41) is 7.44. The van der Waals surface area contributed by atoms with Crippen molar-refractivity contribution >= 4 is 61.5 Å². The number of hydrogen-bond donors (Lipinski definition) is 0. The molecule has 57 heavy (non-hydrogen) atoms. The Morgan fingerprint density at radius 3 is 1.68 bits per heavy atom. The van der Waals surface area contributed by atoms with Crippen LogP contribution < -0.4 is 4.90 Å². The van der Waals surface area contributed by atoms with Crippen molar-refractivity contribution in [2.45, 2.75) is 0 Å². The first-order valence-corrected chi connectivity index (χ1v) is 19.4. The molecule has 1 heteroatoms. The van der Waals surface area contributed by atoms with E-state index in [9.17, 15) is 0 Å². The summed E-state index contributed by atoms with van der Waals surface area (Å²) < 4.78 is 0. The summed E-state index contributed by atoms with van der Waals surface area (Å²) in [6, 6.07) is 68.3. The first-order chi connectivity index (χ1) is 28.2. The van der Waals surface area contributed by atoms with Crippen molar-refractivity contribution in [2.24, 2.45) is 0 Å².